The predicted molar refractivity (Wildman–Crippen MR) is 114 cm³/mol. The third-order valence-electron chi connectivity index (χ3n) is 4.71. The van der Waals surface area contributed by atoms with Gasteiger partial charge in [-0.05, 0) is 42.4 Å². The molecule has 0 aliphatic heterocycles. The predicted octanol–water partition coefficient (Wildman–Crippen LogP) is 3.82. The second-order valence-corrected chi connectivity index (χ2v) is 6.44. The summed E-state index contributed by atoms with van der Waals surface area (Å²) in [6, 6.07) is 14.0. The summed E-state index contributed by atoms with van der Waals surface area (Å²) < 4.78 is 5.33. The van der Waals surface area contributed by atoms with Crippen LogP contribution in [0.15, 0.2) is 54.6 Å². The Morgan fingerprint density at radius 1 is 1.21 bits per heavy atom. The second-order valence-electron chi connectivity index (χ2n) is 6.44. The van der Waals surface area contributed by atoms with Gasteiger partial charge in [0.15, 0.2) is 0 Å². The quantitative estimate of drug-likeness (QED) is 0.374. The lowest BCUT2D eigenvalue weighted by atomic mass is 10.0. The Hall–Kier alpha value is -3.19. The lowest BCUT2D eigenvalue weighted by Crippen LogP contribution is -2.37. The van der Waals surface area contributed by atoms with E-state index in [9.17, 15) is 14.9 Å². The van der Waals surface area contributed by atoms with Crippen molar-refractivity contribution >= 4 is 17.7 Å². The number of likely N-dealkylation sites (N-methyl/N-ethyl adjacent to an activating group) is 1. The first kappa shape index (κ1) is 22.1. The average molecular weight is 397 g/mol. The first-order valence-electron chi connectivity index (χ1n) is 9.56. The number of ether oxygens (including phenoxy) is 1. The number of nitrogens with zero attached hydrogens (tertiary/aromatic N) is 2. The molecule has 0 saturated heterocycles. The normalized spacial score (nSPS) is 12.1. The van der Waals surface area contributed by atoms with Gasteiger partial charge in [-0.1, -0.05) is 38.1 Å². The van der Waals surface area contributed by atoms with Crippen molar-refractivity contribution in [3.05, 3.63) is 75.8 Å². The minimum atomic E-state index is -0.458. The minimum absolute atomic E-state index is 0.00724. The van der Waals surface area contributed by atoms with Gasteiger partial charge in [-0.3, -0.25) is 19.8 Å². The standard InChI is InChI=1S/C22H27N3O4/c1-4-24(5-2)21(18-9-7-11-20(15-18)29-3)16-23-22(26)13-12-17-8-6-10-19(14-17)25(27)28/h6-15,21H,4-5,16H2,1-3H3,(H,23,26)/b13-12+. The molecule has 29 heavy (non-hydrogen) atoms. The molecule has 1 atom stereocenters. The number of nitro benzene ring substituents is 1. The van der Waals surface area contributed by atoms with Crippen LogP contribution in [0.25, 0.3) is 6.08 Å². The molecule has 0 heterocycles. The molecular weight excluding hydrogens is 370 g/mol. The summed E-state index contributed by atoms with van der Waals surface area (Å²) in [5.74, 6) is 0.521. The number of benzene rings is 2. The van der Waals surface area contributed by atoms with E-state index in [-0.39, 0.29) is 17.6 Å². The van der Waals surface area contributed by atoms with E-state index in [1.54, 1.807) is 25.3 Å². The van der Waals surface area contributed by atoms with E-state index in [2.05, 4.69) is 24.1 Å². The first-order valence-corrected chi connectivity index (χ1v) is 9.56. The summed E-state index contributed by atoms with van der Waals surface area (Å²) in [5.41, 5.74) is 1.66. The van der Waals surface area contributed by atoms with Crippen molar-refractivity contribution in [3.8, 4) is 5.75 Å². The van der Waals surface area contributed by atoms with Crippen molar-refractivity contribution in [1.82, 2.24) is 10.2 Å². The van der Waals surface area contributed by atoms with Crippen molar-refractivity contribution < 1.29 is 14.5 Å². The van der Waals surface area contributed by atoms with Crippen LogP contribution in [0.3, 0.4) is 0 Å². The molecule has 0 radical (unpaired) electrons. The monoisotopic (exact) mass is 397 g/mol. The molecule has 0 aliphatic carbocycles. The lowest BCUT2D eigenvalue weighted by Gasteiger charge is -2.30. The molecule has 1 N–H and O–H groups in total. The molecule has 0 saturated carbocycles. The molecule has 0 aromatic heterocycles. The fourth-order valence-electron chi connectivity index (χ4n) is 3.14. The van der Waals surface area contributed by atoms with Gasteiger partial charge in [0.1, 0.15) is 5.75 Å². The fraction of sp³-hybridized carbons (Fsp3) is 0.318. The molecule has 2 aromatic carbocycles. The zero-order chi connectivity index (χ0) is 21.2. The molecule has 1 unspecified atom stereocenters. The van der Waals surface area contributed by atoms with E-state index in [0.29, 0.717) is 12.1 Å². The molecule has 7 nitrogen and oxygen atoms in total. The van der Waals surface area contributed by atoms with Crippen LogP contribution in [-0.2, 0) is 4.79 Å². The topological polar surface area (TPSA) is 84.7 Å². The Kier molecular flexibility index (Phi) is 8.36. The Labute approximate surface area is 171 Å². The molecule has 1 amide bonds. The zero-order valence-corrected chi connectivity index (χ0v) is 17.0. The van der Waals surface area contributed by atoms with E-state index >= 15 is 0 Å². The molecular formula is C22H27N3O4. The average Bonchev–Trinajstić information content (AvgIpc) is 2.75. The van der Waals surface area contributed by atoms with Crippen LogP contribution < -0.4 is 10.1 Å². The molecule has 2 aromatic rings. The molecule has 0 bridgehead atoms. The molecule has 0 aliphatic rings. The van der Waals surface area contributed by atoms with Crippen LogP contribution >= 0.6 is 0 Å². The number of hydrogen-bond donors (Lipinski definition) is 1. The van der Waals surface area contributed by atoms with Gasteiger partial charge in [0.05, 0.1) is 18.1 Å². The summed E-state index contributed by atoms with van der Waals surface area (Å²) in [4.78, 5) is 25.0. The van der Waals surface area contributed by atoms with Crippen molar-refractivity contribution in [2.45, 2.75) is 19.9 Å². The van der Waals surface area contributed by atoms with E-state index < -0.39 is 4.92 Å². The number of methoxy groups -OCH3 is 1. The molecule has 7 heteroatoms. The van der Waals surface area contributed by atoms with Crippen LogP contribution in [0, 0.1) is 10.1 Å². The highest BCUT2D eigenvalue weighted by molar-refractivity contribution is 5.91. The van der Waals surface area contributed by atoms with Crippen LogP contribution in [0.1, 0.15) is 31.0 Å². The third-order valence-corrected chi connectivity index (χ3v) is 4.71. The maximum Gasteiger partial charge on any atom is 0.270 e. The number of nitro groups is 1. The number of rotatable bonds is 10. The van der Waals surface area contributed by atoms with E-state index in [0.717, 1.165) is 24.4 Å². The van der Waals surface area contributed by atoms with Crippen LogP contribution in [-0.4, -0.2) is 42.5 Å². The SMILES string of the molecule is CCN(CC)C(CNC(=O)/C=C/c1cccc([N+](=O)[O-])c1)c1cccc(OC)c1. The van der Waals surface area contributed by atoms with Crippen LogP contribution in [0.5, 0.6) is 5.75 Å². The van der Waals surface area contributed by atoms with Gasteiger partial charge in [0, 0.05) is 24.8 Å². The molecule has 0 fully saturated rings. The van der Waals surface area contributed by atoms with Gasteiger partial charge in [-0.25, -0.2) is 0 Å². The van der Waals surface area contributed by atoms with E-state index in [4.69, 9.17) is 4.74 Å². The van der Waals surface area contributed by atoms with Crippen molar-refractivity contribution in [1.29, 1.82) is 0 Å². The smallest absolute Gasteiger partial charge is 0.270 e. The lowest BCUT2D eigenvalue weighted by molar-refractivity contribution is -0.384. The Morgan fingerprint density at radius 2 is 1.93 bits per heavy atom. The Morgan fingerprint density at radius 3 is 2.59 bits per heavy atom. The zero-order valence-electron chi connectivity index (χ0n) is 17.0. The van der Waals surface area contributed by atoms with E-state index in [1.807, 2.05) is 24.3 Å². The van der Waals surface area contributed by atoms with Gasteiger partial charge in [-0.2, -0.15) is 0 Å². The number of carbonyl (C=O) groups excluding carboxylic acids is 1. The number of amides is 1. The molecule has 0 spiro atoms. The number of nitrogens with one attached hydrogen (secondary N) is 1. The van der Waals surface area contributed by atoms with Crippen molar-refractivity contribution in [2.75, 3.05) is 26.7 Å². The number of hydrogen-bond acceptors (Lipinski definition) is 5. The van der Waals surface area contributed by atoms with E-state index in [1.165, 1.54) is 18.2 Å². The first-order chi connectivity index (χ1) is 14.0. The summed E-state index contributed by atoms with van der Waals surface area (Å²) in [6.45, 7) is 6.30. The maximum absolute atomic E-state index is 12.3. The highest BCUT2D eigenvalue weighted by Crippen LogP contribution is 2.24. The van der Waals surface area contributed by atoms with Crippen LogP contribution in [0.4, 0.5) is 5.69 Å². The Balaban J connectivity index is 2.08. The highest BCUT2D eigenvalue weighted by atomic mass is 16.6. The van der Waals surface area contributed by atoms with Gasteiger partial charge < -0.3 is 10.1 Å². The molecule has 2 rings (SSSR count). The van der Waals surface area contributed by atoms with Gasteiger partial charge >= 0.3 is 0 Å². The third kappa shape index (κ3) is 6.43. The number of non-ortho nitro benzene ring substituents is 1. The van der Waals surface area contributed by atoms with Crippen molar-refractivity contribution in [3.63, 3.8) is 0 Å². The number of carbonyl (C=O) groups is 1. The summed E-state index contributed by atoms with van der Waals surface area (Å²) in [6.07, 6.45) is 2.96. The fourth-order valence-corrected chi connectivity index (χ4v) is 3.14. The summed E-state index contributed by atoms with van der Waals surface area (Å²) >= 11 is 0. The van der Waals surface area contributed by atoms with Gasteiger partial charge in [0.25, 0.3) is 5.69 Å². The molecule has 154 valence electrons. The summed E-state index contributed by atoms with van der Waals surface area (Å²) in [5, 5.41) is 13.8. The highest BCUT2D eigenvalue weighted by Gasteiger charge is 2.19. The Bertz CT molecular complexity index is 863. The van der Waals surface area contributed by atoms with Gasteiger partial charge in [-0.15, -0.1) is 0 Å². The maximum atomic E-state index is 12.3. The van der Waals surface area contributed by atoms with Crippen molar-refractivity contribution in [2.24, 2.45) is 0 Å². The second kappa shape index (κ2) is 11.0. The minimum Gasteiger partial charge on any atom is -0.497 e. The summed E-state index contributed by atoms with van der Waals surface area (Å²) in [7, 11) is 1.63. The largest absolute Gasteiger partial charge is 0.497 e. The van der Waals surface area contributed by atoms with Gasteiger partial charge in [0.2, 0.25) is 5.91 Å². The van der Waals surface area contributed by atoms with Crippen LogP contribution in [0.2, 0.25) is 0 Å².